The normalized spacial score (nSPS) is 11.8. The summed E-state index contributed by atoms with van der Waals surface area (Å²) in [6.07, 6.45) is -4.60. The van der Waals surface area contributed by atoms with Gasteiger partial charge in [0.25, 0.3) is 0 Å². The number of hydrogen-bond donors (Lipinski definition) is 1. The van der Waals surface area contributed by atoms with Gasteiger partial charge in [0.1, 0.15) is 23.6 Å². The van der Waals surface area contributed by atoms with Crippen LogP contribution in [0.5, 0.6) is 5.75 Å². The van der Waals surface area contributed by atoms with Crippen molar-refractivity contribution in [3.05, 3.63) is 93.0 Å². The van der Waals surface area contributed by atoms with Crippen LogP contribution >= 0.6 is 15.9 Å². The highest BCUT2D eigenvalue weighted by Crippen LogP contribution is 2.38. The highest BCUT2D eigenvalue weighted by atomic mass is 79.9. The van der Waals surface area contributed by atoms with E-state index in [4.69, 9.17) is 4.74 Å². The maximum atomic E-state index is 14.0. The highest BCUT2D eigenvalue weighted by Gasteiger charge is 2.42. The Bertz CT molecular complexity index is 1120. The van der Waals surface area contributed by atoms with E-state index in [9.17, 15) is 30.7 Å². The lowest BCUT2D eigenvalue weighted by molar-refractivity contribution is -0.143. The fourth-order valence-corrected chi connectivity index (χ4v) is 3.01. The van der Waals surface area contributed by atoms with E-state index < -0.39 is 40.7 Å². The minimum Gasteiger partial charge on any atom is -0.488 e. The number of rotatable bonds is 6. The molecule has 0 heterocycles. The van der Waals surface area contributed by atoms with Crippen molar-refractivity contribution in [3.63, 3.8) is 0 Å². The van der Waals surface area contributed by atoms with E-state index in [1.54, 1.807) is 17.6 Å². The third-order valence-corrected chi connectivity index (χ3v) is 4.63. The molecule has 0 aliphatic carbocycles. The zero-order chi connectivity index (χ0) is 23.5. The number of nitrogens with zero attached hydrogens (tertiary/aromatic N) is 1. The minimum absolute atomic E-state index is 0.190. The van der Waals surface area contributed by atoms with Crippen LogP contribution in [0.25, 0.3) is 0 Å². The van der Waals surface area contributed by atoms with E-state index in [-0.39, 0.29) is 6.61 Å². The minimum atomic E-state index is -5.63. The first-order chi connectivity index (χ1) is 15.1. The summed E-state index contributed by atoms with van der Waals surface area (Å²) in [6, 6.07) is 13.9. The molecule has 0 bridgehead atoms. The number of hydrazone groups is 1. The SMILES string of the molecule is Fc1c(F)c(C(F)(F)F)c(F)c(F)c1N/N=C/c1cc(Br)ccc1OCc1ccccc1. The lowest BCUT2D eigenvalue weighted by Gasteiger charge is -2.13. The number of ether oxygens (including phenoxy) is 1. The van der Waals surface area contributed by atoms with Crippen LogP contribution in [0.15, 0.2) is 58.1 Å². The number of nitrogens with one attached hydrogen (secondary N) is 1. The molecule has 3 aromatic carbocycles. The van der Waals surface area contributed by atoms with Crippen LogP contribution in [0, 0.1) is 23.3 Å². The predicted molar refractivity (Wildman–Crippen MR) is 107 cm³/mol. The molecule has 0 spiro atoms. The van der Waals surface area contributed by atoms with Gasteiger partial charge in [-0.1, -0.05) is 46.3 Å². The van der Waals surface area contributed by atoms with Crippen LogP contribution in [0.4, 0.5) is 36.4 Å². The molecule has 0 unspecified atom stereocenters. The molecule has 0 atom stereocenters. The van der Waals surface area contributed by atoms with Gasteiger partial charge in [-0.2, -0.15) is 18.3 Å². The maximum Gasteiger partial charge on any atom is 0.422 e. The molecule has 1 N–H and O–H groups in total. The zero-order valence-electron chi connectivity index (χ0n) is 15.8. The quantitative estimate of drug-likeness (QED) is 0.163. The van der Waals surface area contributed by atoms with Gasteiger partial charge < -0.3 is 4.74 Å². The number of anilines is 1. The summed E-state index contributed by atoms with van der Waals surface area (Å²) in [7, 11) is 0. The molecular weight excluding hydrogens is 509 g/mol. The largest absolute Gasteiger partial charge is 0.488 e. The summed E-state index contributed by atoms with van der Waals surface area (Å²) in [6.45, 7) is 0.190. The second-order valence-corrected chi connectivity index (χ2v) is 7.25. The number of hydrogen-bond acceptors (Lipinski definition) is 3. The van der Waals surface area contributed by atoms with Gasteiger partial charge in [-0.3, -0.25) is 5.43 Å². The fraction of sp³-hybridized carbons (Fsp3) is 0.0952. The Morgan fingerprint density at radius 3 is 2.12 bits per heavy atom. The Balaban J connectivity index is 1.86. The number of halogens is 8. The first-order valence-electron chi connectivity index (χ1n) is 8.78. The van der Waals surface area contributed by atoms with Crippen LogP contribution in [0.1, 0.15) is 16.7 Å². The van der Waals surface area contributed by atoms with Crippen molar-refractivity contribution in [1.29, 1.82) is 0 Å². The predicted octanol–water partition coefficient (Wildman–Crippen LogP) is 7.05. The molecule has 3 aromatic rings. The summed E-state index contributed by atoms with van der Waals surface area (Å²) >= 11 is 3.23. The van der Waals surface area contributed by atoms with Crippen molar-refractivity contribution in [1.82, 2.24) is 0 Å². The molecule has 0 radical (unpaired) electrons. The van der Waals surface area contributed by atoms with E-state index >= 15 is 0 Å². The standard InChI is InChI=1S/C21H12BrF7N2O/c22-13-6-7-14(32-10-11-4-2-1-3-5-11)12(8-13)9-30-31-20-18(25)16(23)15(21(27,28)29)17(24)19(20)26/h1-9,31H,10H2/b30-9+. The second kappa shape index (κ2) is 9.60. The number of alkyl halides is 3. The first-order valence-corrected chi connectivity index (χ1v) is 9.57. The molecule has 3 nitrogen and oxygen atoms in total. The van der Waals surface area contributed by atoms with Crippen molar-refractivity contribution < 1.29 is 35.5 Å². The van der Waals surface area contributed by atoms with Crippen LogP contribution in [-0.2, 0) is 12.8 Å². The molecule has 0 saturated heterocycles. The molecule has 0 aromatic heterocycles. The van der Waals surface area contributed by atoms with Crippen LogP contribution in [0.3, 0.4) is 0 Å². The molecule has 32 heavy (non-hydrogen) atoms. The van der Waals surface area contributed by atoms with E-state index in [0.29, 0.717) is 15.8 Å². The molecule has 0 amide bonds. The van der Waals surface area contributed by atoms with Crippen molar-refractivity contribution in [2.24, 2.45) is 5.10 Å². The maximum absolute atomic E-state index is 14.0. The second-order valence-electron chi connectivity index (χ2n) is 6.33. The van der Waals surface area contributed by atoms with E-state index in [0.717, 1.165) is 11.8 Å². The third kappa shape index (κ3) is 5.21. The molecule has 0 aliphatic rings. The summed E-state index contributed by atoms with van der Waals surface area (Å²) in [5.74, 6) is -9.37. The third-order valence-electron chi connectivity index (χ3n) is 4.14. The summed E-state index contributed by atoms with van der Waals surface area (Å²) < 4.78 is 99.6. The zero-order valence-corrected chi connectivity index (χ0v) is 17.4. The van der Waals surface area contributed by atoms with Gasteiger partial charge in [-0.15, -0.1) is 0 Å². The average molecular weight is 521 g/mol. The molecule has 0 fully saturated rings. The van der Waals surface area contributed by atoms with Gasteiger partial charge in [0.2, 0.25) is 0 Å². The van der Waals surface area contributed by atoms with Gasteiger partial charge in [-0.05, 0) is 23.8 Å². The lowest BCUT2D eigenvalue weighted by Crippen LogP contribution is -2.16. The summed E-state index contributed by atoms with van der Waals surface area (Å²) in [4.78, 5) is 0. The molecule has 0 aliphatic heterocycles. The van der Waals surface area contributed by atoms with Gasteiger partial charge in [0.15, 0.2) is 23.3 Å². The first kappa shape index (κ1) is 23.6. The van der Waals surface area contributed by atoms with Crippen molar-refractivity contribution in [2.45, 2.75) is 12.8 Å². The van der Waals surface area contributed by atoms with Gasteiger partial charge in [-0.25, -0.2) is 17.6 Å². The molecule has 11 heteroatoms. The van der Waals surface area contributed by atoms with E-state index in [1.165, 1.54) is 6.07 Å². The molecular formula is C21H12BrF7N2O. The van der Waals surface area contributed by atoms with Gasteiger partial charge in [0, 0.05) is 10.0 Å². The van der Waals surface area contributed by atoms with Crippen LogP contribution in [0.2, 0.25) is 0 Å². The Hall–Kier alpha value is -3.08. The Morgan fingerprint density at radius 2 is 1.53 bits per heavy atom. The van der Waals surface area contributed by atoms with Crippen molar-refractivity contribution in [2.75, 3.05) is 5.43 Å². The van der Waals surface area contributed by atoms with Crippen LogP contribution in [-0.4, -0.2) is 6.21 Å². The monoisotopic (exact) mass is 520 g/mol. The molecule has 0 saturated carbocycles. The highest BCUT2D eigenvalue weighted by molar-refractivity contribution is 9.10. The summed E-state index contributed by atoms with van der Waals surface area (Å²) in [5.41, 5.74) is -1.30. The van der Waals surface area contributed by atoms with E-state index in [1.807, 2.05) is 30.3 Å². The number of benzene rings is 3. The Labute approximate surface area is 185 Å². The van der Waals surface area contributed by atoms with E-state index in [2.05, 4.69) is 21.0 Å². The van der Waals surface area contributed by atoms with Crippen LogP contribution < -0.4 is 10.2 Å². The Kier molecular flexibility index (Phi) is 7.07. The topological polar surface area (TPSA) is 33.6 Å². The smallest absolute Gasteiger partial charge is 0.422 e. The van der Waals surface area contributed by atoms with Gasteiger partial charge >= 0.3 is 6.18 Å². The van der Waals surface area contributed by atoms with Crippen molar-refractivity contribution >= 4 is 27.8 Å². The van der Waals surface area contributed by atoms with Gasteiger partial charge in [0.05, 0.1) is 6.21 Å². The van der Waals surface area contributed by atoms with Crippen molar-refractivity contribution in [3.8, 4) is 5.75 Å². The summed E-state index contributed by atoms with van der Waals surface area (Å²) in [5, 5.41) is 3.49. The fourth-order valence-electron chi connectivity index (χ4n) is 2.63. The average Bonchev–Trinajstić information content (AvgIpc) is 2.74. The molecule has 168 valence electrons. The lowest BCUT2D eigenvalue weighted by atomic mass is 10.1. The molecule has 3 rings (SSSR count). The Morgan fingerprint density at radius 1 is 0.906 bits per heavy atom.